The maximum absolute atomic E-state index is 13.2. The third kappa shape index (κ3) is 3.39. The van der Waals surface area contributed by atoms with E-state index in [1.165, 1.54) is 31.6 Å². The molecule has 2 N–H and O–H groups in total. The van der Waals surface area contributed by atoms with Crippen molar-refractivity contribution in [3.05, 3.63) is 46.2 Å². The number of carbonyl (C=O) groups excluding carboxylic acids is 1. The van der Waals surface area contributed by atoms with E-state index in [1.807, 2.05) is 0 Å². The van der Waals surface area contributed by atoms with Gasteiger partial charge in [0.25, 0.3) is 5.91 Å². The highest BCUT2D eigenvalue weighted by molar-refractivity contribution is 7.85. The Kier molecular flexibility index (Phi) is 4.53. The van der Waals surface area contributed by atoms with E-state index in [0.29, 0.717) is 0 Å². The van der Waals surface area contributed by atoms with Gasteiger partial charge in [-0.3, -0.25) is 4.79 Å². The van der Waals surface area contributed by atoms with Crippen LogP contribution in [0.1, 0.15) is 9.67 Å². The number of anilines is 1. The third-order valence-corrected chi connectivity index (χ3v) is 5.44. The quantitative estimate of drug-likeness (QED) is 0.646. The van der Waals surface area contributed by atoms with Gasteiger partial charge in [-0.25, -0.2) is 13.3 Å². The fraction of sp³-hybridized carbons (Fsp3) is 0.154. The van der Waals surface area contributed by atoms with E-state index in [-0.39, 0.29) is 16.3 Å². The number of thiophene rings is 1. The summed E-state index contributed by atoms with van der Waals surface area (Å²) in [4.78, 5) is 12.3. The van der Waals surface area contributed by atoms with E-state index in [1.54, 1.807) is 0 Å². The number of rotatable bonds is 4. The topological polar surface area (TPSA) is 83.5 Å². The van der Waals surface area contributed by atoms with Gasteiger partial charge in [0.15, 0.2) is 22.2 Å². The Labute approximate surface area is 135 Å². The van der Waals surface area contributed by atoms with Gasteiger partial charge >= 0.3 is 10.3 Å². The van der Waals surface area contributed by atoms with E-state index in [0.717, 1.165) is 23.5 Å². The summed E-state index contributed by atoms with van der Waals surface area (Å²) in [5.74, 6) is -2.87. The molecule has 0 aliphatic rings. The first-order valence-electron chi connectivity index (χ1n) is 6.20. The molecule has 0 aliphatic heterocycles. The van der Waals surface area contributed by atoms with Crippen LogP contribution in [0.15, 0.2) is 29.6 Å². The van der Waals surface area contributed by atoms with Crippen molar-refractivity contribution >= 4 is 38.9 Å². The average molecular weight is 363 g/mol. The number of hydrogen-bond donors (Lipinski definition) is 2. The van der Waals surface area contributed by atoms with Crippen LogP contribution in [0.2, 0.25) is 0 Å². The van der Waals surface area contributed by atoms with E-state index < -0.39 is 31.7 Å². The SMILES string of the molecule is C[N+](C)(c1ccsc1C(=O)Nc1ccc(F)c(F)c1)S(=O)(=O)O. The lowest BCUT2D eigenvalue weighted by molar-refractivity contribution is 0.103. The van der Waals surface area contributed by atoms with Crippen LogP contribution in [-0.4, -0.2) is 33.0 Å². The zero-order valence-electron chi connectivity index (χ0n) is 12.1. The molecule has 0 unspecified atom stereocenters. The molecule has 1 amide bonds. The molecule has 0 saturated carbocycles. The standard InChI is InChI=1S/C13H12F2N2O4S2/c1-17(2,23(19,20)21)11-5-6-22-12(11)13(18)16-8-3-4-9(14)10(15)7-8/h3-7H,1-2H3,(H-,16,18,19,20,21)/p+1. The summed E-state index contributed by atoms with van der Waals surface area (Å²) >= 11 is 0.956. The second kappa shape index (κ2) is 5.96. The lowest BCUT2D eigenvalue weighted by Gasteiger charge is -2.23. The normalized spacial score (nSPS) is 12.2. The highest BCUT2D eigenvalue weighted by atomic mass is 32.2. The van der Waals surface area contributed by atoms with Gasteiger partial charge < -0.3 is 5.32 Å². The van der Waals surface area contributed by atoms with Gasteiger partial charge in [-0.1, -0.05) is 0 Å². The molecule has 10 heteroatoms. The van der Waals surface area contributed by atoms with Crippen LogP contribution in [0.3, 0.4) is 0 Å². The Morgan fingerprint density at radius 2 is 1.87 bits per heavy atom. The fourth-order valence-electron chi connectivity index (χ4n) is 1.78. The summed E-state index contributed by atoms with van der Waals surface area (Å²) in [5, 5.41) is 3.84. The second-order valence-electron chi connectivity index (χ2n) is 5.02. The lowest BCUT2D eigenvalue weighted by atomic mass is 10.3. The number of nitrogens with zero attached hydrogens (tertiary/aromatic N) is 1. The van der Waals surface area contributed by atoms with E-state index >= 15 is 0 Å². The van der Waals surface area contributed by atoms with Crippen molar-refractivity contribution in [2.24, 2.45) is 0 Å². The predicted molar refractivity (Wildman–Crippen MR) is 83.8 cm³/mol. The van der Waals surface area contributed by atoms with Gasteiger partial charge in [0.2, 0.25) is 0 Å². The average Bonchev–Trinajstić information content (AvgIpc) is 2.91. The van der Waals surface area contributed by atoms with Crippen molar-refractivity contribution in [3.8, 4) is 0 Å². The van der Waals surface area contributed by atoms with Crippen LogP contribution in [0.25, 0.3) is 0 Å². The molecule has 2 rings (SSSR count). The zero-order chi connectivity index (χ0) is 17.4. The number of halogens is 2. The number of hydrogen-bond acceptors (Lipinski definition) is 4. The first-order chi connectivity index (χ1) is 10.5. The molecule has 0 saturated heterocycles. The molecule has 0 aliphatic carbocycles. The van der Waals surface area contributed by atoms with Crippen molar-refractivity contribution in [2.75, 3.05) is 19.4 Å². The fourth-order valence-corrected chi connectivity index (χ4v) is 3.15. The largest absolute Gasteiger partial charge is 0.437 e. The minimum Gasteiger partial charge on any atom is -0.321 e. The summed E-state index contributed by atoms with van der Waals surface area (Å²) < 4.78 is 57.3. The highest BCUT2D eigenvalue weighted by Gasteiger charge is 2.38. The molecule has 0 spiro atoms. The van der Waals surface area contributed by atoms with Crippen LogP contribution in [0.4, 0.5) is 20.2 Å². The predicted octanol–water partition coefficient (Wildman–Crippen LogP) is 2.65. The first-order valence-corrected chi connectivity index (χ1v) is 8.48. The van der Waals surface area contributed by atoms with Gasteiger partial charge in [0.05, 0.1) is 14.1 Å². The molecule has 0 atom stereocenters. The Morgan fingerprint density at radius 3 is 2.43 bits per heavy atom. The van der Waals surface area contributed by atoms with Gasteiger partial charge in [0.1, 0.15) is 0 Å². The lowest BCUT2D eigenvalue weighted by Crippen LogP contribution is -2.46. The molecule has 2 aromatic rings. The summed E-state index contributed by atoms with van der Waals surface area (Å²) in [5.41, 5.74) is 0.0722. The van der Waals surface area contributed by atoms with E-state index in [2.05, 4.69) is 5.32 Å². The Morgan fingerprint density at radius 1 is 1.22 bits per heavy atom. The number of amides is 1. The maximum Gasteiger partial charge on any atom is 0.437 e. The smallest absolute Gasteiger partial charge is 0.321 e. The van der Waals surface area contributed by atoms with E-state index in [4.69, 9.17) is 0 Å². The molecule has 0 radical (unpaired) electrons. The van der Waals surface area contributed by atoms with Gasteiger partial charge in [-0.15, -0.1) is 19.8 Å². The summed E-state index contributed by atoms with van der Waals surface area (Å²) in [6.45, 7) is 0. The number of carbonyl (C=O) groups is 1. The summed E-state index contributed by atoms with van der Waals surface area (Å²) in [6.07, 6.45) is 0. The van der Waals surface area contributed by atoms with Crippen molar-refractivity contribution < 1.29 is 26.5 Å². The molecule has 1 aromatic carbocycles. The second-order valence-corrected chi connectivity index (χ2v) is 7.74. The number of quaternary nitrogens is 1. The zero-order valence-corrected chi connectivity index (χ0v) is 13.7. The van der Waals surface area contributed by atoms with Crippen LogP contribution < -0.4 is 9.21 Å². The molecule has 0 bridgehead atoms. The summed E-state index contributed by atoms with van der Waals surface area (Å²) in [7, 11) is -2.11. The van der Waals surface area contributed by atoms with Gasteiger partial charge in [0, 0.05) is 17.8 Å². The molecular formula is C13H13F2N2O4S2+. The molecular weight excluding hydrogens is 350 g/mol. The van der Waals surface area contributed by atoms with Crippen molar-refractivity contribution in [2.45, 2.75) is 0 Å². The van der Waals surface area contributed by atoms with Crippen molar-refractivity contribution in [1.29, 1.82) is 0 Å². The Bertz CT molecular complexity index is 863. The Balaban J connectivity index is 2.35. The molecule has 1 heterocycles. The molecule has 23 heavy (non-hydrogen) atoms. The minimum absolute atomic E-state index is 0.0189. The monoisotopic (exact) mass is 363 g/mol. The summed E-state index contributed by atoms with van der Waals surface area (Å²) in [6, 6.07) is 4.23. The molecule has 1 aromatic heterocycles. The minimum atomic E-state index is -4.51. The maximum atomic E-state index is 13.2. The Hall–Kier alpha value is -1.88. The van der Waals surface area contributed by atoms with Crippen LogP contribution >= 0.6 is 11.3 Å². The number of benzene rings is 1. The van der Waals surface area contributed by atoms with Crippen molar-refractivity contribution in [3.63, 3.8) is 0 Å². The molecule has 124 valence electrons. The van der Waals surface area contributed by atoms with Crippen LogP contribution in [-0.2, 0) is 10.3 Å². The van der Waals surface area contributed by atoms with E-state index in [9.17, 15) is 26.5 Å². The molecule has 6 nitrogen and oxygen atoms in total. The van der Waals surface area contributed by atoms with Crippen molar-refractivity contribution in [1.82, 2.24) is 3.89 Å². The van der Waals surface area contributed by atoms with Crippen LogP contribution in [0, 0.1) is 11.6 Å². The van der Waals surface area contributed by atoms with Crippen LogP contribution in [0.5, 0.6) is 0 Å². The van der Waals surface area contributed by atoms with Gasteiger partial charge in [-0.2, -0.15) is 3.89 Å². The first kappa shape index (κ1) is 17.5. The molecule has 0 fully saturated rings. The number of nitrogens with one attached hydrogen (secondary N) is 1. The third-order valence-electron chi connectivity index (χ3n) is 3.19. The highest BCUT2D eigenvalue weighted by Crippen LogP contribution is 2.32. The van der Waals surface area contributed by atoms with Gasteiger partial charge in [-0.05, 0) is 17.5 Å².